The van der Waals surface area contributed by atoms with E-state index >= 15 is 0 Å². The van der Waals surface area contributed by atoms with Gasteiger partial charge in [0, 0.05) is 28.0 Å². The molecule has 0 aliphatic heterocycles. The van der Waals surface area contributed by atoms with Crippen molar-refractivity contribution in [2.24, 2.45) is 0 Å². The van der Waals surface area contributed by atoms with Crippen LogP contribution in [0.15, 0.2) is 46.9 Å². The molecule has 0 fully saturated rings. The number of methoxy groups -OCH3 is 1. The van der Waals surface area contributed by atoms with Gasteiger partial charge in [0.05, 0.1) is 10.7 Å². The highest BCUT2D eigenvalue weighted by atomic mass is 79.9. The molecule has 6 heteroatoms. The van der Waals surface area contributed by atoms with Crippen LogP contribution in [-0.2, 0) is 4.74 Å². The SMILES string of the molecule is COC(SC)C(=O)c1[nH]c2cc(Br)c(Cl)cc2c1-c1ccccc1. The summed E-state index contributed by atoms with van der Waals surface area (Å²) in [6, 6.07) is 13.6. The molecule has 0 bridgehead atoms. The Morgan fingerprint density at radius 2 is 2.00 bits per heavy atom. The topological polar surface area (TPSA) is 42.1 Å². The molecule has 24 heavy (non-hydrogen) atoms. The lowest BCUT2D eigenvalue weighted by atomic mass is 10.0. The zero-order valence-electron chi connectivity index (χ0n) is 13.1. The average Bonchev–Trinajstić information content (AvgIpc) is 2.95. The van der Waals surface area contributed by atoms with Crippen LogP contribution >= 0.6 is 39.3 Å². The number of Topliss-reactive ketones (excluding diaryl/α,β-unsaturated/α-hetero) is 1. The number of ether oxygens (including phenoxy) is 1. The molecule has 0 radical (unpaired) electrons. The van der Waals surface area contributed by atoms with E-state index in [1.54, 1.807) is 0 Å². The molecule has 124 valence electrons. The van der Waals surface area contributed by atoms with Gasteiger partial charge in [0.15, 0.2) is 5.44 Å². The van der Waals surface area contributed by atoms with E-state index in [1.807, 2.05) is 48.7 Å². The standard InChI is InChI=1S/C18H15BrClNO2S/c1-23-18(24-2)17(22)16-15(10-6-4-3-5-7-10)11-8-13(20)12(19)9-14(11)21-16/h3-9,18,21H,1-2H3. The number of hydrogen-bond acceptors (Lipinski definition) is 3. The number of nitrogens with one attached hydrogen (secondary N) is 1. The van der Waals surface area contributed by atoms with Gasteiger partial charge in [0.2, 0.25) is 5.78 Å². The summed E-state index contributed by atoms with van der Waals surface area (Å²) < 4.78 is 6.09. The van der Waals surface area contributed by atoms with Gasteiger partial charge in [-0.25, -0.2) is 0 Å². The van der Waals surface area contributed by atoms with E-state index in [0.29, 0.717) is 10.7 Å². The Morgan fingerprint density at radius 3 is 2.62 bits per heavy atom. The Balaban J connectivity index is 2.30. The van der Waals surface area contributed by atoms with E-state index in [4.69, 9.17) is 16.3 Å². The highest BCUT2D eigenvalue weighted by molar-refractivity contribution is 9.10. The van der Waals surface area contributed by atoms with Gasteiger partial charge in [0.25, 0.3) is 0 Å². The van der Waals surface area contributed by atoms with Crippen LogP contribution in [0.5, 0.6) is 0 Å². The number of benzene rings is 2. The predicted molar refractivity (Wildman–Crippen MR) is 105 cm³/mol. The third kappa shape index (κ3) is 3.14. The van der Waals surface area contributed by atoms with Crippen molar-refractivity contribution in [1.29, 1.82) is 0 Å². The van der Waals surface area contributed by atoms with Crippen LogP contribution in [0.2, 0.25) is 5.02 Å². The minimum Gasteiger partial charge on any atom is -0.362 e. The van der Waals surface area contributed by atoms with Crippen LogP contribution < -0.4 is 0 Å². The number of halogens is 2. The highest BCUT2D eigenvalue weighted by Crippen LogP contribution is 2.38. The van der Waals surface area contributed by atoms with Gasteiger partial charge in [-0.05, 0) is 39.9 Å². The molecular formula is C18H15BrClNO2S. The molecule has 3 nitrogen and oxygen atoms in total. The first-order valence-electron chi connectivity index (χ1n) is 7.22. The number of aromatic nitrogens is 1. The Bertz CT molecular complexity index is 891. The first kappa shape index (κ1) is 17.5. The molecule has 0 saturated heterocycles. The molecule has 0 amide bonds. The number of H-pyrrole nitrogens is 1. The van der Waals surface area contributed by atoms with E-state index in [9.17, 15) is 4.79 Å². The van der Waals surface area contributed by atoms with Crippen molar-refractivity contribution in [3.05, 3.63) is 57.7 Å². The monoisotopic (exact) mass is 423 g/mol. The second-order valence-corrected chi connectivity index (χ2v) is 7.38. The molecule has 3 rings (SSSR count). The number of fused-ring (bicyclic) bond motifs is 1. The largest absolute Gasteiger partial charge is 0.362 e. The minimum atomic E-state index is -0.556. The first-order valence-corrected chi connectivity index (χ1v) is 9.68. The zero-order valence-corrected chi connectivity index (χ0v) is 16.3. The number of carbonyl (C=O) groups excluding carboxylic acids is 1. The zero-order chi connectivity index (χ0) is 17.3. The fraction of sp³-hybridized carbons (Fsp3) is 0.167. The summed E-state index contributed by atoms with van der Waals surface area (Å²) in [7, 11) is 1.54. The lowest BCUT2D eigenvalue weighted by Gasteiger charge is -2.12. The molecule has 1 aromatic heterocycles. The maximum atomic E-state index is 12.9. The normalized spacial score (nSPS) is 12.5. The molecule has 3 aromatic rings. The Hall–Kier alpha value is -1.27. The number of hydrogen-bond donors (Lipinski definition) is 1. The van der Waals surface area contributed by atoms with Gasteiger partial charge in [-0.1, -0.05) is 41.9 Å². The molecule has 1 heterocycles. The quantitative estimate of drug-likeness (QED) is 0.417. The third-order valence-corrected chi connectivity index (χ3v) is 5.82. The number of rotatable bonds is 5. The summed E-state index contributed by atoms with van der Waals surface area (Å²) in [4.78, 5) is 16.2. The molecule has 0 spiro atoms. The van der Waals surface area contributed by atoms with Crippen LogP contribution in [0.1, 0.15) is 10.5 Å². The van der Waals surface area contributed by atoms with Crippen LogP contribution in [0.4, 0.5) is 0 Å². The lowest BCUT2D eigenvalue weighted by Crippen LogP contribution is -2.20. The number of aromatic amines is 1. The van der Waals surface area contributed by atoms with E-state index in [1.165, 1.54) is 18.9 Å². The van der Waals surface area contributed by atoms with Gasteiger partial charge in [0.1, 0.15) is 0 Å². The minimum absolute atomic E-state index is 0.0905. The molecule has 1 atom stereocenters. The summed E-state index contributed by atoms with van der Waals surface area (Å²) in [6.45, 7) is 0. The van der Waals surface area contributed by atoms with E-state index in [-0.39, 0.29) is 5.78 Å². The average molecular weight is 425 g/mol. The molecular weight excluding hydrogens is 410 g/mol. The lowest BCUT2D eigenvalue weighted by molar-refractivity contribution is 0.0791. The van der Waals surface area contributed by atoms with Gasteiger partial charge < -0.3 is 9.72 Å². The third-order valence-electron chi connectivity index (χ3n) is 3.79. The fourth-order valence-electron chi connectivity index (χ4n) is 2.71. The van der Waals surface area contributed by atoms with E-state index in [0.717, 1.165) is 26.5 Å². The molecule has 2 aromatic carbocycles. The van der Waals surface area contributed by atoms with Crippen molar-refractivity contribution in [2.45, 2.75) is 5.44 Å². The van der Waals surface area contributed by atoms with E-state index in [2.05, 4.69) is 20.9 Å². The number of ketones is 1. The van der Waals surface area contributed by atoms with Gasteiger partial charge in [-0.15, -0.1) is 11.8 Å². The maximum absolute atomic E-state index is 12.9. The Morgan fingerprint density at radius 1 is 1.29 bits per heavy atom. The Kier molecular flexibility index (Phi) is 5.35. The predicted octanol–water partition coefficient (Wildman–Crippen LogP) is 5.77. The first-order chi connectivity index (χ1) is 11.6. The number of carbonyl (C=O) groups is 1. The molecule has 0 aliphatic rings. The van der Waals surface area contributed by atoms with Gasteiger partial charge in [-0.2, -0.15) is 0 Å². The van der Waals surface area contributed by atoms with Crippen LogP contribution in [0.25, 0.3) is 22.0 Å². The smallest absolute Gasteiger partial charge is 0.218 e. The van der Waals surface area contributed by atoms with Crippen molar-refractivity contribution >= 4 is 56.0 Å². The maximum Gasteiger partial charge on any atom is 0.218 e. The molecule has 0 aliphatic carbocycles. The van der Waals surface area contributed by atoms with Gasteiger partial charge in [-0.3, -0.25) is 4.79 Å². The fourth-order valence-corrected chi connectivity index (χ4v) is 3.74. The molecule has 1 N–H and O–H groups in total. The molecule has 0 saturated carbocycles. The summed E-state index contributed by atoms with van der Waals surface area (Å²) >= 11 is 11.1. The second-order valence-electron chi connectivity index (χ2n) is 5.22. The van der Waals surface area contributed by atoms with Crippen molar-refractivity contribution in [1.82, 2.24) is 4.98 Å². The summed E-state index contributed by atoms with van der Waals surface area (Å²) in [6.07, 6.45) is 1.85. The molecule has 1 unspecified atom stereocenters. The Labute approximate surface area is 157 Å². The van der Waals surface area contributed by atoms with Crippen LogP contribution in [0.3, 0.4) is 0 Å². The summed E-state index contributed by atoms with van der Waals surface area (Å²) in [5.41, 5.74) is 2.64. The van der Waals surface area contributed by atoms with Crippen LogP contribution in [-0.4, -0.2) is 29.6 Å². The van der Waals surface area contributed by atoms with Crippen molar-refractivity contribution < 1.29 is 9.53 Å². The second kappa shape index (κ2) is 7.31. The van der Waals surface area contributed by atoms with Crippen molar-refractivity contribution in [3.8, 4) is 11.1 Å². The summed E-state index contributed by atoms with van der Waals surface area (Å²) in [5.74, 6) is -0.0905. The van der Waals surface area contributed by atoms with E-state index < -0.39 is 5.44 Å². The number of thioether (sulfide) groups is 1. The highest BCUT2D eigenvalue weighted by Gasteiger charge is 2.26. The van der Waals surface area contributed by atoms with Gasteiger partial charge >= 0.3 is 0 Å². The van der Waals surface area contributed by atoms with Crippen LogP contribution in [0, 0.1) is 0 Å². The van der Waals surface area contributed by atoms with Crippen molar-refractivity contribution in [3.63, 3.8) is 0 Å². The van der Waals surface area contributed by atoms with Crippen molar-refractivity contribution in [2.75, 3.05) is 13.4 Å². The summed E-state index contributed by atoms with van der Waals surface area (Å²) in [5, 5.41) is 1.51.